The van der Waals surface area contributed by atoms with Gasteiger partial charge in [0.2, 0.25) is 0 Å². The third-order valence-electron chi connectivity index (χ3n) is 3.86. The van der Waals surface area contributed by atoms with Gasteiger partial charge in [-0.1, -0.05) is 19.1 Å². The molecule has 1 aromatic rings. The standard InChI is InChI=1S/C15H21NO3/c1-3-15(2)10-11(8-9-19-15)16-13-7-5-4-6-12(13)14(17)18/h4-7,11,16H,3,8-10H2,1-2H3,(H,17,18). The number of anilines is 1. The number of aromatic carboxylic acids is 1. The molecule has 1 fully saturated rings. The summed E-state index contributed by atoms with van der Waals surface area (Å²) in [6.07, 6.45) is 2.77. The number of para-hydroxylation sites is 1. The van der Waals surface area contributed by atoms with E-state index in [1.165, 1.54) is 0 Å². The first-order valence-electron chi connectivity index (χ1n) is 6.77. The van der Waals surface area contributed by atoms with E-state index < -0.39 is 5.97 Å². The fourth-order valence-electron chi connectivity index (χ4n) is 2.51. The largest absolute Gasteiger partial charge is 0.478 e. The predicted molar refractivity (Wildman–Crippen MR) is 74.7 cm³/mol. The first-order chi connectivity index (χ1) is 9.04. The third-order valence-corrected chi connectivity index (χ3v) is 3.86. The van der Waals surface area contributed by atoms with Crippen molar-refractivity contribution in [1.82, 2.24) is 0 Å². The molecular weight excluding hydrogens is 242 g/mol. The Labute approximate surface area is 113 Å². The number of carboxylic acids is 1. The lowest BCUT2D eigenvalue weighted by Crippen LogP contribution is -2.42. The van der Waals surface area contributed by atoms with E-state index in [0.29, 0.717) is 11.3 Å². The molecule has 0 bridgehead atoms. The zero-order chi connectivity index (χ0) is 13.9. The first-order valence-corrected chi connectivity index (χ1v) is 6.77. The number of hydrogen-bond acceptors (Lipinski definition) is 3. The number of hydrogen-bond donors (Lipinski definition) is 2. The van der Waals surface area contributed by atoms with Gasteiger partial charge in [-0.15, -0.1) is 0 Å². The second-order valence-electron chi connectivity index (χ2n) is 5.34. The van der Waals surface area contributed by atoms with Crippen molar-refractivity contribution < 1.29 is 14.6 Å². The summed E-state index contributed by atoms with van der Waals surface area (Å²) in [5.74, 6) is -0.895. The van der Waals surface area contributed by atoms with Crippen molar-refractivity contribution in [3.63, 3.8) is 0 Å². The van der Waals surface area contributed by atoms with Crippen LogP contribution in [0.25, 0.3) is 0 Å². The van der Waals surface area contributed by atoms with Gasteiger partial charge in [-0.05, 0) is 38.3 Å². The topological polar surface area (TPSA) is 58.6 Å². The van der Waals surface area contributed by atoms with Crippen LogP contribution in [0, 0.1) is 0 Å². The normalized spacial score (nSPS) is 26.9. The van der Waals surface area contributed by atoms with Crippen molar-refractivity contribution in [2.75, 3.05) is 11.9 Å². The molecule has 0 aromatic heterocycles. The summed E-state index contributed by atoms with van der Waals surface area (Å²) in [6, 6.07) is 7.31. The Morgan fingerprint density at radius 3 is 2.95 bits per heavy atom. The van der Waals surface area contributed by atoms with Crippen molar-refractivity contribution in [3.05, 3.63) is 29.8 Å². The number of nitrogens with one attached hydrogen (secondary N) is 1. The Morgan fingerprint density at radius 1 is 1.53 bits per heavy atom. The molecule has 1 aliphatic heterocycles. The highest BCUT2D eigenvalue weighted by Gasteiger charge is 2.31. The van der Waals surface area contributed by atoms with Gasteiger partial charge in [-0.2, -0.15) is 0 Å². The molecule has 4 heteroatoms. The van der Waals surface area contributed by atoms with Gasteiger partial charge in [-0.3, -0.25) is 0 Å². The molecule has 104 valence electrons. The first kappa shape index (κ1) is 13.9. The molecule has 0 radical (unpaired) electrons. The smallest absolute Gasteiger partial charge is 0.337 e. The van der Waals surface area contributed by atoms with Crippen LogP contribution >= 0.6 is 0 Å². The average Bonchev–Trinajstić information content (AvgIpc) is 2.39. The Balaban J connectivity index is 2.11. The van der Waals surface area contributed by atoms with Crippen LogP contribution in [-0.4, -0.2) is 29.3 Å². The van der Waals surface area contributed by atoms with E-state index in [0.717, 1.165) is 25.9 Å². The summed E-state index contributed by atoms with van der Waals surface area (Å²) in [7, 11) is 0. The van der Waals surface area contributed by atoms with Gasteiger partial charge in [0.15, 0.2) is 0 Å². The third kappa shape index (κ3) is 3.26. The lowest BCUT2D eigenvalue weighted by Gasteiger charge is -2.38. The molecular formula is C15H21NO3. The summed E-state index contributed by atoms with van der Waals surface area (Å²) in [4.78, 5) is 11.2. The Morgan fingerprint density at radius 2 is 2.26 bits per heavy atom. The molecule has 2 rings (SSSR count). The monoisotopic (exact) mass is 263 g/mol. The van der Waals surface area contributed by atoms with Crippen LogP contribution in [-0.2, 0) is 4.74 Å². The molecule has 19 heavy (non-hydrogen) atoms. The molecule has 0 saturated carbocycles. The number of ether oxygens (including phenoxy) is 1. The van der Waals surface area contributed by atoms with Crippen LogP contribution < -0.4 is 5.32 Å². The summed E-state index contributed by atoms with van der Waals surface area (Å²) >= 11 is 0. The van der Waals surface area contributed by atoms with Gasteiger partial charge >= 0.3 is 5.97 Å². The minimum absolute atomic E-state index is 0.103. The summed E-state index contributed by atoms with van der Waals surface area (Å²) < 4.78 is 5.80. The average molecular weight is 263 g/mol. The lowest BCUT2D eigenvalue weighted by molar-refractivity contribution is -0.0708. The molecule has 1 saturated heterocycles. The summed E-state index contributed by atoms with van der Waals surface area (Å²) in [5, 5.41) is 12.5. The molecule has 1 aliphatic rings. The van der Waals surface area contributed by atoms with Gasteiger partial charge in [0.25, 0.3) is 0 Å². The van der Waals surface area contributed by atoms with Crippen molar-refractivity contribution >= 4 is 11.7 Å². The quantitative estimate of drug-likeness (QED) is 0.876. The van der Waals surface area contributed by atoms with Crippen molar-refractivity contribution in [1.29, 1.82) is 0 Å². The van der Waals surface area contributed by atoms with Crippen LogP contribution in [0.4, 0.5) is 5.69 Å². The number of benzene rings is 1. The fraction of sp³-hybridized carbons (Fsp3) is 0.533. The van der Waals surface area contributed by atoms with Crippen LogP contribution in [0.3, 0.4) is 0 Å². The molecule has 2 unspecified atom stereocenters. The van der Waals surface area contributed by atoms with E-state index in [9.17, 15) is 9.90 Å². The predicted octanol–water partition coefficient (Wildman–Crippen LogP) is 3.14. The Kier molecular flexibility index (Phi) is 4.10. The van der Waals surface area contributed by atoms with E-state index in [1.807, 2.05) is 12.1 Å². The van der Waals surface area contributed by atoms with Gasteiger partial charge in [0.1, 0.15) is 0 Å². The lowest BCUT2D eigenvalue weighted by atomic mass is 9.89. The highest BCUT2D eigenvalue weighted by molar-refractivity contribution is 5.94. The van der Waals surface area contributed by atoms with E-state index in [4.69, 9.17) is 4.74 Å². The maximum absolute atomic E-state index is 11.2. The minimum atomic E-state index is -0.895. The fourth-order valence-corrected chi connectivity index (χ4v) is 2.51. The van der Waals surface area contributed by atoms with E-state index in [1.54, 1.807) is 12.1 Å². The molecule has 1 aromatic carbocycles. The van der Waals surface area contributed by atoms with Gasteiger partial charge in [0.05, 0.1) is 11.2 Å². The molecule has 2 atom stereocenters. The van der Waals surface area contributed by atoms with Crippen LogP contribution in [0.2, 0.25) is 0 Å². The van der Waals surface area contributed by atoms with Crippen LogP contribution in [0.15, 0.2) is 24.3 Å². The number of carboxylic acid groups (broad SMARTS) is 1. The zero-order valence-corrected chi connectivity index (χ0v) is 11.5. The van der Waals surface area contributed by atoms with Crippen LogP contribution in [0.5, 0.6) is 0 Å². The second kappa shape index (κ2) is 5.61. The van der Waals surface area contributed by atoms with Gasteiger partial charge in [-0.25, -0.2) is 4.79 Å². The molecule has 4 nitrogen and oxygen atoms in total. The molecule has 1 heterocycles. The summed E-state index contributed by atoms with van der Waals surface area (Å²) in [6.45, 7) is 4.95. The Bertz CT molecular complexity index is 460. The maximum Gasteiger partial charge on any atom is 0.337 e. The van der Waals surface area contributed by atoms with Gasteiger partial charge < -0.3 is 15.2 Å². The Hall–Kier alpha value is -1.55. The van der Waals surface area contributed by atoms with Gasteiger partial charge in [0, 0.05) is 18.3 Å². The SMILES string of the molecule is CCC1(C)CC(Nc2ccccc2C(=O)O)CCO1. The second-order valence-corrected chi connectivity index (χ2v) is 5.34. The van der Waals surface area contributed by atoms with Crippen LogP contribution in [0.1, 0.15) is 43.5 Å². The minimum Gasteiger partial charge on any atom is -0.478 e. The van der Waals surface area contributed by atoms with E-state index in [2.05, 4.69) is 19.2 Å². The highest BCUT2D eigenvalue weighted by Crippen LogP contribution is 2.30. The molecule has 2 N–H and O–H groups in total. The van der Waals surface area contributed by atoms with Crippen molar-refractivity contribution in [2.24, 2.45) is 0 Å². The highest BCUT2D eigenvalue weighted by atomic mass is 16.5. The zero-order valence-electron chi connectivity index (χ0n) is 11.5. The number of carbonyl (C=O) groups is 1. The maximum atomic E-state index is 11.2. The summed E-state index contributed by atoms with van der Waals surface area (Å²) in [5.41, 5.74) is 0.918. The molecule has 0 amide bonds. The molecule has 0 aliphatic carbocycles. The van der Waals surface area contributed by atoms with E-state index >= 15 is 0 Å². The number of rotatable bonds is 4. The van der Waals surface area contributed by atoms with Crippen molar-refractivity contribution in [3.8, 4) is 0 Å². The van der Waals surface area contributed by atoms with Crippen molar-refractivity contribution in [2.45, 2.75) is 44.8 Å². The molecule has 0 spiro atoms. The van der Waals surface area contributed by atoms with E-state index in [-0.39, 0.29) is 11.6 Å².